The Hall–Kier alpha value is -2.69. The van der Waals surface area contributed by atoms with E-state index in [1.165, 1.54) is 12.1 Å². The van der Waals surface area contributed by atoms with Crippen molar-refractivity contribution in [3.63, 3.8) is 0 Å². The second-order valence-electron chi connectivity index (χ2n) is 6.15. The van der Waals surface area contributed by atoms with Crippen LogP contribution in [0.4, 0.5) is 4.39 Å². The fourth-order valence-corrected chi connectivity index (χ4v) is 3.12. The van der Waals surface area contributed by atoms with E-state index in [1.54, 1.807) is 48.2 Å². The standard InChI is InChI=1S/C19H19FN2O2/c1-21(11-13-6-5-7-14(20)10-13)19(24)17-12-22(2)18(23)16-9-4-3-8-15(16)17/h3-10,17H,11-12H2,1-2H3. The molecule has 3 rings (SSSR count). The molecule has 0 aliphatic carbocycles. The van der Waals surface area contributed by atoms with E-state index in [0.717, 1.165) is 11.1 Å². The third-order valence-corrected chi connectivity index (χ3v) is 4.35. The van der Waals surface area contributed by atoms with Gasteiger partial charge in [0, 0.05) is 32.7 Å². The molecule has 0 saturated carbocycles. The number of fused-ring (bicyclic) bond motifs is 1. The number of amides is 2. The quantitative estimate of drug-likeness (QED) is 0.870. The van der Waals surface area contributed by atoms with E-state index < -0.39 is 5.92 Å². The lowest BCUT2D eigenvalue weighted by atomic mass is 9.88. The van der Waals surface area contributed by atoms with E-state index in [9.17, 15) is 14.0 Å². The topological polar surface area (TPSA) is 40.6 Å². The molecule has 4 nitrogen and oxygen atoms in total. The highest BCUT2D eigenvalue weighted by Crippen LogP contribution is 2.29. The van der Waals surface area contributed by atoms with Crippen molar-refractivity contribution < 1.29 is 14.0 Å². The Balaban J connectivity index is 1.84. The molecule has 1 atom stereocenters. The van der Waals surface area contributed by atoms with E-state index in [0.29, 0.717) is 18.7 Å². The zero-order valence-electron chi connectivity index (χ0n) is 13.7. The van der Waals surface area contributed by atoms with E-state index >= 15 is 0 Å². The molecule has 124 valence electrons. The van der Waals surface area contributed by atoms with Crippen LogP contribution in [0.1, 0.15) is 27.4 Å². The summed E-state index contributed by atoms with van der Waals surface area (Å²) in [5, 5.41) is 0. The molecule has 5 heteroatoms. The van der Waals surface area contributed by atoms with Gasteiger partial charge in [0.1, 0.15) is 5.82 Å². The molecule has 0 N–H and O–H groups in total. The second-order valence-corrected chi connectivity index (χ2v) is 6.15. The van der Waals surface area contributed by atoms with Crippen LogP contribution in [0.2, 0.25) is 0 Å². The van der Waals surface area contributed by atoms with Crippen LogP contribution in [0.3, 0.4) is 0 Å². The summed E-state index contributed by atoms with van der Waals surface area (Å²) < 4.78 is 13.3. The maximum absolute atomic E-state index is 13.3. The van der Waals surface area contributed by atoms with Gasteiger partial charge in [0.15, 0.2) is 0 Å². The largest absolute Gasteiger partial charge is 0.341 e. The molecule has 1 heterocycles. The fraction of sp³-hybridized carbons (Fsp3) is 0.263. The summed E-state index contributed by atoms with van der Waals surface area (Å²) >= 11 is 0. The Morgan fingerprint density at radius 2 is 2.00 bits per heavy atom. The van der Waals surface area contributed by atoms with Crippen molar-refractivity contribution in [3.05, 3.63) is 71.0 Å². The lowest BCUT2D eigenvalue weighted by Gasteiger charge is -2.33. The van der Waals surface area contributed by atoms with E-state index in [4.69, 9.17) is 0 Å². The van der Waals surface area contributed by atoms with Crippen molar-refractivity contribution in [3.8, 4) is 0 Å². The molecule has 0 saturated heterocycles. The van der Waals surface area contributed by atoms with Crippen molar-refractivity contribution >= 4 is 11.8 Å². The van der Waals surface area contributed by atoms with Gasteiger partial charge in [-0.15, -0.1) is 0 Å². The fourth-order valence-electron chi connectivity index (χ4n) is 3.12. The van der Waals surface area contributed by atoms with Crippen LogP contribution in [0, 0.1) is 5.82 Å². The summed E-state index contributed by atoms with van der Waals surface area (Å²) in [5.41, 5.74) is 2.07. The summed E-state index contributed by atoms with van der Waals surface area (Å²) in [6, 6.07) is 13.4. The molecule has 0 bridgehead atoms. The zero-order chi connectivity index (χ0) is 17.3. The minimum absolute atomic E-state index is 0.0672. The highest BCUT2D eigenvalue weighted by Gasteiger charge is 2.34. The van der Waals surface area contributed by atoms with Crippen molar-refractivity contribution in [2.75, 3.05) is 20.6 Å². The molecule has 1 aliphatic heterocycles. The molecular formula is C19H19FN2O2. The maximum Gasteiger partial charge on any atom is 0.253 e. The molecule has 0 fully saturated rings. The molecule has 0 aromatic heterocycles. The molecule has 0 radical (unpaired) electrons. The zero-order valence-corrected chi connectivity index (χ0v) is 13.7. The number of halogens is 1. The smallest absolute Gasteiger partial charge is 0.253 e. The van der Waals surface area contributed by atoms with E-state index in [1.807, 2.05) is 12.1 Å². The third kappa shape index (κ3) is 3.02. The van der Waals surface area contributed by atoms with Gasteiger partial charge in [-0.2, -0.15) is 0 Å². The number of hydrogen-bond donors (Lipinski definition) is 0. The third-order valence-electron chi connectivity index (χ3n) is 4.35. The minimum atomic E-state index is -0.401. The first kappa shape index (κ1) is 16.2. The molecule has 1 unspecified atom stereocenters. The van der Waals surface area contributed by atoms with Crippen LogP contribution in [0.15, 0.2) is 48.5 Å². The van der Waals surface area contributed by atoms with Gasteiger partial charge in [-0.25, -0.2) is 4.39 Å². The number of nitrogens with zero attached hydrogens (tertiary/aromatic N) is 2. The lowest BCUT2D eigenvalue weighted by molar-refractivity contribution is -0.132. The van der Waals surface area contributed by atoms with Crippen LogP contribution in [-0.4, -0.2) is 42.3 Å². The Morgan fingerprint density at radius 1 is 1.25 bits per heavy atom. The summed E-state index contributed by atoms with van der Waals surface area (Å²) in [6.07, 6.45) is 0. The first-order valence-corrected chi connectivity index (χ1v) is 7.81. The normalized spacial score (nSPS) is 16.7. The SMILES string of the molecule is CN1CC(C(=O)N(C)Cc2cccc(F)c2)c2ccccc2C1=O. The molecule has 1 aliphatic rings. The van der Waals surface area contributed by atoms with E-state index in [-0.39, 0.29) is 17.6 Å². The average molecular weight is 326 g/mol. The summed E-state index contributed by atoms with van der Waals surface area (Å²) in [5.74, 6) is -0.863. The molecule has 2 amide bonds. The van der Waals surface area contributed by atoms with Crippen molar-refractivity contribution in [2.24, 2.45) is 0 Å². The highest BCUT2D eigenvalue weighted by molar-refractivity contribution is 6.00. The summed E-state index contributed by atoms with van der Waals surface area (Å²) in [7, 11) is 3.40. The second kappa shape index (κ2) is 6.43. The molecule has 2 aromatic carbocycles. The van der Waals surface area contributed by atoms with Gasteiger partial charge >= 0.3 is 0 Å². The molecule has 24 heavy (non-hydrogen) atoms. The van der Waals surface area contributed by atoms with Crippen LogP contribution in [0.5, 0.6) is 0 Å². The first-order valence-electron chi connectivity index (χ1n) is 7.81. The van der Waals surface area contributed by atoms with Gasteiger partial charge in [0.2, 0.25) is 5.91 Å². The first-order chi connectivity index (χ1) is 11.5. The average Bonchev–Trinajstić information content (AvgIpc) is 2.57. The van der Waals surface area contributed by atoms with Crippen LogP contribution < -0.4 is 0 Å². The van der Waals surface area contributed by atoms with Crippen molar-refractivity contribution in [2.45, 2.75) is 12.5 Å². The number of likely N-dealkylation sites (N-methyl/N-ethyl adjacent to an activating group) is 2. The Labute approximate surface area is 140 Å². The number of rotatable bonds is 3. The Morgan fingerprint density at radius 3 is 2.75 bits per heavy atom. The minimum Gasteiger partial charge on any atom is -0.341 e. The number of benzene rings is 2. The van der Waals surface area contributed by atoms with Crippen LogP contribution >= 0.6 is 0 Å². The molecule has 0 spiro atoms. The lowest BCUT2D eigenvalue weighted by Crippen LogP contribution is -2.43. The van der Waals surface area contributed by atoms with Crippen LogP contribution in [-0.2, 0) is 11.3 Å². The van der Waals surface area contributed by atoms with Gasteiger partial charge in [0.25, 0.3) is 5.91 Å². The number of hydrogen-bond acceptors (Lipinski definition) is 2. The molecular weight excluding hydrogens is 307 g/mol. The summed E-state index contributed by atoms with van der Waals surface area (Å²) in [6.45, 7) is 0.676. The maximum atomic E-state index is 13.3. The predicted molar refractivity (Wildman–Crippen MR) is 89.0 cm³/mol. The van der Waals surface area contributed by atoms with Crippen molar-refractivity contribution in [1.29, 1.82) is 0 Å². The number of carbonyl (C=O) groups is 2. The van der Waals surface area contributed by atoms with Crippen LogP contribution in [0.25, 0.3) is 0 Å². The predicted octanol–water partition coefficient (Wildman–Crippen LogP) is 2.65. The number of carbonyl (C=O) groups excluding carboxylic acids is 2. The Bertz CT molecular complexity index is 790. The van der Waals surface area contributed by atoms with Crippen molar-refractivity contribution in [1.82, 2.24) is 9.80 Å². The Kier molecular flexibility index (Phi) is 4.34. The van der Waals surface area contributed by atoms with Gasteiger partial charge < -0.3 is 9.80 Å². The van der Waals surface area contributed by atoms with E-state index in [2.05, 4.69) is 0 Å². The van der Waals surface area contributed by atoms with Gasteiger partial charge in [-0.05, 0) is 29.3 Å². The summed E-state index contributed by atoms with van der Waals surface area (Å²) in [4.78, 5) is 28.3. The monoisotopic (exact) mass is 326 g/mol. The molecule has 2 aromatic rings. The van der Waals surface area contributed by atoms with Gasteiger partial charge in [-0.1, -0.05) is 30.3 Å². The van der Waals surface area contributed by atoms with Gasteiger partial charge in [-0.3, -0.25) is 9.59 Å². The highest BCUT2D eigenvalue weighted by atomic mass is 19.1. The van der Waals surface area contributed by atoms with Gasteiger partial charge in [0.05, 0.1) is 5.92 Å².